The quantitative estimate of drug-likeness (QED) is 0.709. The summed E-state index contributed by atoms with van der Waals surface area (Å²) in [4.78, 5) is 3.98. The molecule has 0 aromatic rings. The zero-order valence-electron chi connectivity index (χ0n) is 7.07. The highest BCUT2D eigenvalue weighted by molar-refractivity contribution is 8.17. The standard InChI is InChI=1S/C7H7ClF3NSSi/c8-5-3-12-7(14-5)13-2-1-4(9)6(10)11/h3H,1-2,14H2. The molecule has 78 valence electrons. The van der Waals surface area contributed by atoms with Crippen LogP contribution in [0.5, 0.6) is 0 Å². The van der Waals surface area contributed by atoms with Gasteiger partial charge in [0.15, 0.2) is 5.83 Å². The van der Waals surface area contributed by atoms with Crippen LogP contribution < -0.4 is 0 Å². The minimum Gasteiger partial charge on any atom is -0.259 e. The Morgan fingerprint density at radius 2 is 2.21 bits per heavy atom. The lowest BCUT2D eigenvalue weighted by Crippen LogP contribution is -2.01. The molecule has 1 aliphatic rings. The van der Waals surface area contributed by atoms with Crippen LogP contribution in [-0.4, -0.2) is 19.9 Å². The average molecular weight is 258 g/mol. The highest BCUT2D eigenvalue weighted by Crippen LogP contribution is 2.20. The zero-order valence-corrected chi connectivity index (χ0v) is 10.1. The minimum atomic E-state index is -2.23. The van der Waals surface area contributed by atoms with Gasteiger partial charge in [0.25, 0.3) is 0 Å². The van der Waals surface area contributed by atoms with Gasteiger partial charge < -0.3 is 0 Å². The molecule has 0 saturated heterocycles. The van der Waals surface area contributed by atoms with Crippen molar-refractivity contribution in [3.05, 3.63) is 22.8 Å². The second-order valence-corrected chi connectivity index (χ2v) is 6.94. The van der Waals surface area contributed by atoms with E-state index >= 15 is 0 Å². The van der Waals surface area contributed by atoms with Crippen molar-refractivity contribution in [2.24, 2.45) is 4.99 Å². The highest BCUT2D eigenvalue weighted by Gasteiger charge is 2.11. The van der Waals surface area contributed by atoms with Gasteiger partial charge in [-0.2, -0.15) is 8.78 Å². The summed E-state index contributed by atoms with van der Waals surface area (Å²) in [7, 11) is -0.669. The van der Waals surface area contributed by atoms with Crippen molar-refractivity contribution >= 4 is 37.5 Å². The van der Waals surface area contributed by atoms with Crippen LogP contribution in [0.1, 0.15) is 6.42 Å². The first-order valence-corrected chi connectivity index (χ1v) is 6.61. The van der Waals surface area contributed by atoms with Gasteiger partial charge in [-0.15, -0.1) is 11.8 Å². The highest BCUT2D eigenvalue weighted by atomic mass is 35.5. The monoisotopic (exact) mass is 257 g/mol. The van der Waals surface area contributed by atoms with Gasteiger partial charge in [0.05, 0.1) is 4.67 Å². The number of allylic oxidation sites excluding steroid dienone is 1. The Balaban J connectivity index is 2.21. The maximum atomic E-state index is 12.3. The third-order valence-corrected chi connectivity index (χ3v) is 4.86. The van der Waals surface area contributed by atoms with Crippen LogP contribution in [0, 0.1) is 0 Å². The van der Waals surface area contributed by atoms with Gasteiger partial charge in [0, 0.05) is 23.0 Å². The summed E-state index contributed by atoms with van der Waals surface area (Å²) < 4.78 is 37.2. The molecule has 0 saturated carbocycles. The average Bonchev–Trinajstić information content (AvgIpc) is 2.51. The van der Waals surface area contributed by atoms with Gasteiger partial charge in [-0.25, -0.2) is 4.39 Å². The van der Waals surface area contributed by atoms with Gasteiger partial charge in [-0.1, -0.05) is 11.6 Å². The largest absolute Gasteiger partial charge is 0.301 e. The lowest BCUT2D eigenvalue weighted by Gasteiger charge is -1.98. The summed E-state index contributed by atoms with van der Waals surface area (Å²) in [6.45, 7) is 0. The van der Waals surface area contributed by atoms with Crippen LogP contribution in [-0.2, 0) is 0 Å². The fraction of sp³-hybridized carbons (Fsp3) is 0.286. The third kappa shape index (κ3) is 3.89. The van der Waals surface area contributed by atoms with E-state index in [9.17, 15) is 13.2 Å². The molecule has 0 amide bonds. The molecule has 1 rings (SSSR count). The first-order chi connectivity index (χ1) is 6.59. The van der Waals surface area contributed by atoms with Crippen molar-refractivity contribution in [2.45, 2.75) is 6.42 Å². The molecule has 1 heterocycles. The molecule has 14 heavy (non-hydrogen) atoms. The summed E-state index contributed by atoms with van der Waals surface area (Å²) in [5.41, 5.74) is 0. The first-order valence-electron chi connectivity index (χ1n) is 3.83. The van der Waals surface area contributed by atoms with Crippen LogP contribution in [0.3, 0.4) is 0 Å². The van der Waals surface area contributed by atoms with Crippen molar-refractivity contribution in [3.63, 3.8) is 0 Å². The molecule has 0 spiro atoms. The van der Waals surface area contributed by atoms with Gasteiger partial charge in [0.2, 0.25) is 0 Å². The first kappa shape index (κ1) is 11.9. The van der Waals surface area contributed by atoms with Gasteiger partial charge in [0.1, 0.15) is 9.52 Å². The van der Waals surface area contributed by atoms with Crippen LogP contribution in [0.2, 0.25) is 0 Å². The Hall–Kier alpha value is -0.203. The van der Waals surface area contributed by atoms with E-state index in [2.05, 4.69) is 4.99 Å². The van der Waals surface area contributed by atoms with E-state index in [1.165, 1.54) is 11.8 Å². The molecule has 1 nitrogen and oxygen atoms in total. The molecule has 1 aliphatic heterocycles. The van der Waals surface area contributed by atoms with Crippen LogP contribution in [0.4, 0.5) is 13.2 Å². The predicted octanol–water partition coefficient (Wildman–Crippen LogP) is 2.76. The molecule has 0 radical (unpaired) electrons. The molecule has 7 heteroatoms. The Labute approximate surface area is 90.9 Å². The second kappa shape index (κ2) is 5.62. The minimum absolute atomic E-state index is 0.252. The maximum Gasteiger partial charge on any atom is 0.301 e. The summed E-state index contributed by atoms with van der Waals surface area (Å²) in [5, 5.41) is 0. The number of thioether (sulfide) groups is 1. The Morgan fingerprint density at radius 1 is 1.50 bits per heavy atom. The smallest absolute Gasteiger partial charge is 0.259 e. The molecule has 0 fully saturated rings. The number of nitrogens with zero attached hydrogens (tertiary/aromatic N) is 1. The zero-order chi connectivity index (χ0) is 10.6. The van der Waals surface area contributed by atoms with Crippen LogP contribution >= 0.6 is 23.4 Å². The van der Waals surface area contributed by atoms with E-state index in [0.29, 0.717) is 0 Å². The molecule has 0 aromatic carbocycles. The number of hydrogen-bond acceptors (Lipinski definition) is 2. The number of halogens is 4. The van der Waals surface area contributed by atoms with Gasteiger partial charge in [-0.3, -0.25) is 4.99 Å². The van der Waals surface area contributed by atoms with Crippen LogP contribution in [0.25, 0.3) is 0 Å². The predicted molar refractivity (Wildman–Crippen MR) is 57.3 cm³/mol. The molecular formula is C7H7ClF3NSSi. The van der Waals surface area contributed by atoms with E-state index in [-0.39, 0.29) is 12.2 Å². The summed E-state index contributed by atoms with van der Waals surface area (Å²) in [6.07, 6.45) is -0.914. The fourth-order valence-corrected chi connectivity index (χ4v) is 4.09. The van der Waals surface area contributed by atoms with E-state index in [0.717, 1.165) is 9.32 Å². The van der Waals surface area contributed by atoms with Crippen molar-refractivity contribution in [1.82, 2.24) is 0 Å². The van der Waals surface area contributed by atoms with E-state index in [4.69, 9.17) is 11.6 Å². The lowest BCUT2D eigenvalue weighted by atomic mass is 10.4. The fourth-order valence-electron chi connectivity index (χ4n) is 0.819. The summed E-state index contributed by atoms with van der Waals surface area (Å²) in [6, 6.07) is 0. The van der Waals surface area contributed by atoms with Gasteiger partial charge >= 0.3 is 6.08 Å². The topological polar surface area (TPSA) is 12.4 Å². The Morgan fingerprint density at radius 3 is 2.71 bits per heavy atom. The SMILES string of the molecule is FC(F)=C(F)CCSC1=NC=C(Cl)[SiH2]1. The van der Waals surface area contributed by atoms with E-state index in [1.54, 1.807) is 6.20 Å². The molecule has 0 N–H and O–H groups in total. The molecule has 0 bridgehead atoms. The maximum absolute atomic E-state index is 12.3. The number of rotatable bonds is 3. The molecular weight excluding hydrogens is 251 g/mol. The Kier molecular flexibility index (Phi) is 4.77. The third-order valence-electron chi connectivity index (χ3n) is 1.46. The summed E-state index contributed by atoms with van der Waals surface area (Å²) >= 11 is 6.99. The number of hydrogen-bond donors (Lipinski definition) is 0. The number of aliphatic imine (C=N–C) groups is 1. The van der Waals surface area contributed by atoms with Crippen molar-refractivity contribution < 1.29 is 13.2 Å². The molecule has 0 aliphatic carbocycles. The normalized spacial score (nSPS) is 16.9. The van der Waals surface area contributed by atoms with Crippen molar-refractivity contribution in [3.8, 4) is 0 Å². The van der Waals surface area contributed by atoms with Crippen LogP contribution in [0.15, 0.2) is 27.8 Å². The molecule has 0 unspecified atom stereocenters. The van der Waals surface area contributed by atoms with E-state index < -0.39 is 21.4 Å². The van der Waals surface area contributed by atoms with E-state index in [1.807, 2.05) is 0 Å². The summed E-state index contributed by atoms with van der Waals surface area (Å²) in [5.74, 6) is -1.05. The van der Waals surface area contributed by atoms with Crippen molar-refractivity contribution in [2.75, 3.05) is 5.75 Å². The second-order valence-electron chi connectivity index (χ2n) is 2.54. The van der Waals surface area contributed by atoms with Gasteiger partial charge in [-0.05, 0) is 0 Å². The molecule has 0 atom stereocenters. The Bertz CT molecular complexity index is 312. The lowest BCUT2D eigenvalue weighted by molar-refractivity contribution is 0.373. The molecule has 0 aromatic heterocycles. The van der Waals surface area contributed by atoms with Crippen molar-refractivity contribution in [1.29, 1.82) is 0 Å².